The summed E-state index contributed by atoms with van der Waals surface area (Å²) < 4.78 is 12.1. The van der Waals surface area contributed by atoms with Crippen LogP contribution in [-0.4, -0.2) is 40.3 Å². The number of rotatable bonds is 5. The molecule has 0 aliphatic carbocycles. The first-order valence-corrected chi connectivity index (χ1v) is 9.87. The van der Waals surface area contributed by atoms with Gasteiger partial charge >= 0.3 is 5.97 Å². The molecule has 0 aliphatic heterocycles. The van der Waals surface area contributed by atoms with Crippen molar-refractivity contribution < 1.29 is 14.3 Å². The number of nitrogens with zero attached hydrogens (tertiary/aromatic N) is 3. The predicted molar refractivity (Wildman–Crippen MR) is 118 cm³/mol. The number of aromatic nitrogens is 3. The Morgan fingerprint density at radius 1 is 1.13 bits per heavy atom. The monoisotopic (exact) mass is 444 g/mol. The van der Waals surface area contributed by atoms with Crippen LogP contribution in [0.5, 0.6) is 0 Å². The van der Waals surface area contributed by atoms with Crippen LogP contribution in [0.4, 0.5) is 5.82 Å². The summed E-state index contributed by atoms with van der Waals surface area (Å²) in [5, 5.41) is 0.843. The minimum Gasteiger partial charge on any atom is -0.456 e. The quantitative estimate of drug-likeness (QED) is 0.450. The van der Waals surface area contributed by atoms with Crippen molar-refractivity contribution in [3.05, 3.63) is 58.1 Å². The highest BCUT2D eigenvalue weighted by Crippen LogP contribution is 2.33. The molecule has 0 spiro atoms. The molecule has 0 fully saturated rings. The third-order valence-corrected chi connectivity index (χ3v) is 4.95. The Balaban J connectivity index is 2.00. The van der Waals surface area contributed by atoms with E-state index in [0.717, 1.165) is 0 Å². The van der Waals surface area contributed by atoms with Crippen LogP contribution in [0.1, 0.15) is 17.3 Å². The highest BCUT2D eigenvalue weighted by molar-refractivity contribution is 6.35. The molecule has 30 heavy (non-hydrogen) atoms. The maximum absolute atomic E-state index is 13.0. The van der Waals surface area contributed by atoms with Crippen LogP contribution >= 0.6 is 23.2 Å². The van der Waals surface area contributed by atoms with E-state index in [4.69, 9.17) is 43.4 Å². The van der Waals surface area contributed by atoms with E-state index in [1.54, 1.807) is 29.7 Å². The number of anilines is 1. The summed E-state index contributed by atoms with van der Waals surface area (Å²) in [6.45, 7) is 1.98. The Morgan fingerprint density at radius 3 is 2.40 bits per heavy atom. The number of esters is 1. The van der Waals surface area contributed by atoms with E-state index in [2.05, 4.69) is 4.98 Å². The molecule has 9 heteroatoms. The number of halogens is 2. The first-order valence-electron chi connectivity index (χ1n) is 9.12. The van der Waals surface area contributed by atoms with Crippen molar-refractivity contribution in [2.45, 2.75) is 13.0 Å². The lowest BCUT2D eigenvalue weighted by atomic mass is 10.2. The number of ether oxygens (including phenoxy) is 2. The van der Waals surface area contributed by atoms with Gasteiger partial charge in [-0.1, -0.05) is 35.3 Å². The Bertz CT molecular complexity index is 1250. The summed E-state index contributed by atoms with van der Waals surface area (Å²) in [7, 11) is 1.53. The van der Waals surface area contributed by atoms with E-state index >= 15 is 0 Å². The average molecular weight is 445 g/mol. The molecule has 0 saturated heterocycles. The summed E-state index contributed by atoms with van der Waals surface area (Å²) >= 11 is 12.4. The second-order valence-corrected chi connectivity index (χ2v) is 7.65. The SMILES string of the molecule is COC[C@H](C)OC(=O)c1c(N)n(-c2cc(Cl)cc(Cl)c2)c2nc3ccccc3nc12. The number of nitrogens with two attached hydrogens (primary N) is 1. The van der Waals surface area contributed by atoms with Gasteiger partial charge in [0.1, 0.15) is 23.0 Å². The second kappa shape index (κ2) is 8.10. The molecule has 2 aromatic carbocycles. The minimum absolute atomic E-state index is 0.127. The first kappa shape index (κ1) is 20.4. The van der Waals surface area contributed by atoms with Gasteiger partial charge in [-0.25, -0.2) is 14.8 Å². The molecule has 0 bridgehead atoms. The van der Waals surface area contributed by atoms with Gasteiger partial charge in [-0.15, -0.1) is 0 Å². The third-order valence-electron chi connectivity index (χ3n) is 4.52. The lowest BCUT2D eigenvalue weighted by Crippen LogP contribution is -2.20. The maximum atomic E-state index is 13.0. The Morgan fingerprint density at radius 2 is 1.77 bits per heavy atom. The largest absolute Gasteiger partial charge is 0.456 e. The van der Waals surface area contributed by atoms with Crippen LogP contribution < -0.4 is 5.73 Å². The van der Waals surface area contributed by atoms with Crippen molar-refractivity contribution >= 4 is 57.2 Å². The molecule has 1 atom stereocenters. The van der Waals surface area contributed by atoms with Gasteiger partial charge in [0.05, 0.1) is 23.3 Å². The number of carbonyl (C=O) groups is 1. The highest BCUT2D eigenvalue weighted by atomic mass is 35.5. The fourth-order valence-electron chi connectivity index (χ4n) is 3.30. The summed E-state index contributed by atoms with van der Waals surface area (Å²) in [6.07, 6.45) is -0.464. The van der Waals surface area contributed by atoms with E-state index < -0.39 is 12.1 Å². The van der Waals surface area contributed by atoms with Crippen molar-refractivity contribution in [1.82, 2.24) is 14.5 Å². The zero-order chi connectivity index (χ0) is 21.4. The first-order chi connectivity index (χ1) is 14.4. The van der Waals surface area contributed by atoms with Crippen molar-refractivity contribution in [3.8, 4) is 5.69 Å². The molecular formula is C21H18Cl2N4O3. The molecule has 7 nitrogen and oxygen atoms in total. The number of carbonyl (C=O) groups excluding carboxylic acids is 1. The van der Waals surface area contributed by atoms with Gasteiger partial charge in [0.25, 0.3) is 0 Å². The van der Waals surface area contributed by atoms with Crippen molar-refractivity contribution in [2.24, 2.45) is 0 Å². The van der Waals surface area contributed by atoms with Gasteiger partial charge in [-0.2, -0.15) is 0 Å². The molecule has 2 N–H and O–H groups in total. The van der Waals surface area contributed by atoms with Crippen LogP contribution in [0.15, 0.2) is 42.5 Å². The molecule has 154 valence electrons. The van der Waals surface area contributed by atoms with Gasteiger partial charge in [0, 0.05) is 17.2 Å². The molecular weight excluding hydrogens is 427 g/mol. The number of nitrogen functional groups attached to an aromatic ring is 1. The fraction of sp³-hybridized carbons (Fsp3) is 0.190. The molecule has 0 aliphatic rings. The second-order valence-electron chi connectivity index (χ2n) is 6.78. The Kier molecular flexibility index (Phi) is 5.51. The standard InChI is InChI=1S/C21H18Cl2N4O3/c1-11(10-29-2)30-21(28)17-18-20(26-16-6-4-3-5-15(16)25-18)27(19(17)24)14-8-12(22)7-13(23)9-14/h3-9,11H,10,24H2,1-2H3/t11-/m0/s1. The Labute approximate surface area is 182 Å². The highest BCUT2D eigenvalue weighted by Gasteiger charge is 2.27. The van der Waals surface area contributed by atoms with Gasteiger partial charge in [0.15, 0.2) is 5.65 Å². The maximum Gasteiger partial charge on any atom is 0.344 e. The van der Waals surface area contributed by atoms with Crippen molar-refractivity contribution in [1.29, 1.82) is 0 Å². The van der Waals surface area contributed by atoms with E-state index in [-0.39, 0.29) is 18.0 Å². The number of benzene rings is 2. The van der Waals surface area contributed by atoms with Crippen molar-refractivity contribution in [3.63, 3.8) is 0 Å². The van der Waals surface area contributed by atoms with Gasteiger partial charge in [0.2, 0.25) is 0 Å². The third kappa shape index (κ3) is 3.67. The van der Waals surface area contributed by atoms with E-state index in [1.807, 2.05) is 24.3 Å². The molecule has 0 saturated carbocycles. The number of hydrogen-bond donors (Lipinski definition) is 1. The van der Waals surface area contributed by atoms with Crippen LogP contribution in [0.2, 0.25) is 10.0 Å². The lowest BCUT2D eigenvalue weighted by Gasteiger charge is -2.12. The number of methoxy groups -OCH3 is 1. The van der Waals surface area contributed by atoms with Crippen LogP contribution in [0.3, 0.4) is 0 Å². The summed E-state index contributed by atoms with van der Waals surface area (Å²) in [5.74, 6) is -0.480. The molecule has 4 rings (SSSR count). The van der Waals surface area contributed by atoms with Crippen LogP contribution in [0.25, 0.3) is 27.9 Å². The molecule has 0 unspecified atom stereocenters. The molecule has 2 heterocycles. The summed E-state index contributed by atoms with van der Waals surface area (Å²) in [5.41, 5.74) is 9.13. The lowest BCUT2D eigenvalue weighted by molar-refractivity contribution is 0.0123. The number of fused-ring (bicyclic) bond motifs is 2. The van der Waals surface area contributed by atoms with Crippen LogP contribution in [0, 0.1) is 0 Å². The Hall–Kier alpha value is -2.87. The molecule has 0 amide bonds. The zero-order valence-corrected chi connectivity index (χ0v) is 17.7. The van der Waals surface area contributed by atoms with Gasteiger partial charge < -0.3 is 15.2 Å². The molecule has 0 radical (unpaired) electrons. The molecule has 2 aromatic heterocycles. The zero-order valence-electron chi connectivity index (χ0n) is 16.2. The number of para-hydroxylation sites is 2. The smallest absolute Gasteiger partial charge is 0.344 e. The topological polar surface area (TPSA) is 92.3 Å². The average Bonchev–Trinajstić information content (AvgIpc) is 2.96. The van der Waals surface area contributed by atoms with Crippen molar-refractivity contribution in [2.75, 3.05) is 19.5 Å². The van der Waals surface area contributed by atoms with E-state index in [9.17, 15) is 4.79 Å². The molecule has 4 aromatic rings. The van der Waals surface area contributed by atoms with Gasteiger partial charge in [-0.05, 0) is 37.3 Å². The summed E-state index contributed by atoms with van der Waals surface area (Å²) in [4.78, 5) is 22.3. The van der Waals surface area contributed by atoms with Gasteiger partial charge in [-0.3, -0.25) is 4.57 Å². The summed E-state index contributed by atoms with van der Waals surface area (Å²) in [6, 6.07) is 12.3. The predicted octanol–water partition coefficient (Wildman–Crippen LogP) is 4.65. The van der Waals surface area contributed by atoms with Crippen LogP contribution in [-0.2, 0) is 9.47 Å². The minimum atomic E-state index is -0.612. The van der Waals surface area contributed by atoms with E-state index in [0.29, 0.717) is 37.9 Å². The normalized spacial score (nSPS) is 12.4. The number of hydrogen-bond acceptors (Lipinski definition) is 6. The fourth-order valence-corrected chi connectivity index (χ4v) is 3.82. The van der Waals surface area contributed by atoms with E-state index in [1.165, 1.54) is 7.11 Å².